The SMILES string of the molecule is CC(C)c1cccc(NC(=O)c2ccc(S(N)(=O)=O)cc2)c1. The van der Waals surface area contributed by atoms with E-state index in [1.54, 1.807) is 0 Å². The Hall–Kier alpha value is -2.18. The smallest absolute Gasteiger partial charge is 0.255 e. The molecule has 0 unspecified atom stereocenters. The maximum atomic E-state index is 12.2. The van der Waals surface area contributed by atoms with Crippen molar-refractivity contribution in [1.29, 1.82) is 0 Å². The second-order valence-corrected chi connectivity index (χ2v) is 6.87. The van der Waals surface area contributed by atoms with Crippen LogP contribution in [0, 0.1) is 0 Å². The Kier molecular flexibility index (Phi) is 4.63. The molecule has 0 heterocycles. The van der Waals surface area contributed by atoms with Gasteiger partial charge in [0.1, 0.15) is 0 Å². The molecule has 2 aromatic rings. The molecule has 3 N–H and O–H groups in total. The molecule has 5 nitrogen and oxygen atoms in total. The molecule has 0 saturated carbocycles. The molecule has 0 aliphatic heterocycles. The molecule has 0 bridgehead atoms. The maximum absolute atomic E-state index is 12.2. The van der Waals surface area contributed by atoms with Gasteiger partial charge in [-0.3, -0.25) is 4.79 Å². The molecular formula is C16H18N2O3S. The van der Waals surface area contributed by atoms with Crippen LogP contribution in [-0.2, 0) is 10.0 Å². The number of carbonyl (C=O) groups excluding carboxylic acids is 1. The lowest BCUT2D eigenvalue weighted by molar-refractivity contribution is 0.102. The van der Waals surface area contributed by atoms with Crippen LogP contribution in [0.2, 0.25) is 0 Å². The number of nitrogens with two attached hydrogens (primary N) is 1. The van der Waals surface area contributed by atoms with E-state index in [4.69, 9.17) is 5.14 Å². The third-order valence-corrected chi connectivity index (χ3v) is 4.19. The highest BCUT2D eigenvalue weighted by Crippen LogP contribution is 2.19. The monoisotopic (exact) mass is 318 g/mol. The van der Waals surface area contributed by atoms with Gasteiger partial charge in [-0.2, -0.15) is 0 Å². The number of hydrogen-bond acceptors (Lipinski definition) is 3. The maximum Gasteiger partial charge on any atom is 0.255 e. The molecule has 0 radical (unpaired) electrons. The number of nitrogens with one attached hydrogen (secondary N) is 1. The number of benzene rings is 2. The molecule has 0 spiro atoms. The van der Waals surface area contributed by atoms with Crippen molar-refractivity contribution in [2.75, 3.05) is 5.32 Å². The summed E-state index contributed by atoms with van der Waals surface area (Å²) in [4.78, 5) is 12.1. The predicted octanol–water partition coefficient (Wildman–Crippen LogP) is 2.71. The van der Waals surface area contributed by atoms with Crippen LogP contribution in [0.4, 0.5) is 5.69 Å². The van der Waals surface area contributed by atoms with Crippen LogP contribution in [0.3, 0.4) is 0 Å². The Bertz CT molecular complexity index is 781. The predicted molar refractivity (Wildman–Crippen MR) is 86.3 cm³/mol. The highest BCUT2D eigenvalue weighted by Gasteiger charge is 2.11. The minimum absolute atomic E-state index is 0.0224. The number of sulfonamides is 1. The Morgan fingerprint density at radius 1 is 1.09 bits per heavy atom. The van der Waals surface area contributed by atoms with Crippen LogP contribution < -0.4 is 10.5 Å². The summed E-state index contributed by atoms with van der Waals surface area (Å²) in [5.74, 6) is 0.0628. The highest BCUT2D eigenvalue weighted by molar-refractivity contribution is 7.89. The van der Waals surface area contributed by atoms with Crippen LogP contribution in [0.5, 0.6) is 0 Å². The van der Waals surface area contributed by atoms with Crippen molar-refractivity contribution in [1.82, 2.24) is 0 Å². The fourth-order valence-corrected chi connectivity index (χ4v) is 2.49. The van der Waals surface area contributed by atoms with E-state index in [0.717, 1.165) is 5.56 Å². The van der Waals surface area contributed by atoms with Crippen molar-refractivity contribution in [3.63, 3.8) is 0 Å². The minimum Gasteiger partial charge on any atom is -0.322 e. The molecule has 0 aromatic heterocycles. The molecule has 0 atom stereocenters. The van der Waals surface area contributed by atoms with Gasteiger partial charge in [-0.05, 0) is 47.9 Å². The molecule has 2 aromatic carbocycles. The lowest BCUT2D eigenvalue weighted by atomic mass is 10.0. The number of anilines is 1. The first-order valence-corrected chi connectivity index (χ1v) is 8.36. The first kappa shape index (κ1) is 16.2. The molecular weight excluding hydrogens is 300 g/mol. The topological polar surface area (TPSA) is 89.3 Å². The van der Waals surface area contributed by atoms with Crippen molar-refractivity contribution in [2.24, 2.45) is 5.14 Å². The number of carbonyl (C=O) groups is 1. The molecule has 1 amide bonds. The normalized spacial score (nSPS) is 11.5. The van der Waals surface area contributed by atoms with Crippen molar-refractivity contribution in [2.45, 2.75) is 24.7 Å². The zero-order chi connectivity index (χ0) is 16.3. The summed E-state index contributed by atoms with van der Waals surface area (Å²) in [5.41, 5.74) is 2.19. The van der Waals surface area contributed by atoms with Crippen LogP contribution in [0.1, 0.15) is 35.7 Å². The van der Waals surface area contributed by atoms with Gasteiger partial charge in [0.15, 0.2) is 0 Å². The molecule has 22 heavy (non-hydrogen) atoms. The lowest BCUT2D eigenvalue weighted by Crippen LogP contribution is -2.14. The van der Waals surface area contributed by atoms with Crippen LogP contribution in [0.15, 0.2) is 53.4 Å². The van der Waals surface area contributed by atoms with Gasteiger partial charge in [0.05, 0.1) is 4.90 Å². The van der Waals surface area contributed by atoms with E-state index in [2.05, 4.69) is 19.2 Å². The molecule has 0 saturated heterocycles. The van der Waals surface area contributed by atoms with E-state index in [1.165, 1.54) is 24.3 Å². The van der Waals surface area contributed by atoms with E-state index in [-0.39, 0.29) is 10.8 Å². The van der Waals surface area contributed by atoms with Crippen molar-refractivity contribution >= 4 is 21.6 Å². The van der Waals surface area contributed by atoms with Crippen molar-refractivity contribution in [3.05, 3.63) is 59.7 Å². The van der Waals surface area contributed by atoms with Gasteiger partial charge in [0.25, 0.3) is 5.91 Å². The second-order valence-electron chi connectivity index (χ2n) is 5.30. The average molecular weight is 318 g/mol. The summed E-state index contributed by atoms with van der Waals surface area (Å²) in [7, 11) is -3.75. The summed E-state index contributed by atoms with van der Waals surface area (Å²) >= 11 is 0. The largest absolute Gasteiger partial charge is 0.322 e. The van der Waals surface area contributed by atoms with E-state index >= 15 is 0 Å². The minimum atomic E-state index is -3.75. The quantitative estimate of drug-likeness (QED) is 0.908. The molecule has 6 heteroatoms. The molecule has 116 valence electrons. The van der Waals surface area contributed by atoms with Crippen LogP contribution in [-0.4, -0.2) is 14.3 Å². The van der Waals surface area contributed by atoms with Gasteiger partial charge in [-0.1, -0.05) is 26.0 Å². The summed E-state index contributed by atoms with van der Waals surface area (Å²) in [6.07, 6.45) is 0. The van der Waals surface area contributed by atoms with E-state index in [1.807, 2.05) is 24.3 Å². The Morgan fingerprint density at radius 2 is 1.73 bits per heavy atom. The third kappa shape index (κ3) is 3.93. The van der Waals surface area contributed by atoms with Gasteiger partial charge in [0, 0.05) is 11.3 Å². The van der Waals surface area contributed by atoms with E-state index in [0.29, 0.717) is 17.2 Å². The van der Waals surface area contributed by atoms with E-state index < -0.39 is 10.0 Å². The average Bonchev–Trinajstić information content (AvgIpc) is 2.46. The highest BCUT2D eigenvalue weighted by atomic mass is 32.2. The van der Waals surface area contributed by atoms with Gasteiger partial charge in [-0.15, -0.1) is 0 Å². The summed E-state index contributed by atoms with van der Waals surface area (Å²) in [6, 6.07) is 13.1. The lowest BCUT2D eigenvalue weighted by Gasteiger charge is -2.10. The Labute approximate surface area is 130 Å². The molecule has 0 fully saturated rings. The van der Waals surface area contributed by atoms with Gasteiger partial charge >= 0.3 is 0 Å². The number of primary sulfonamides is 1. The van der Waals surface area contributed by atoms with Crippen molar-refractivity contribution in [3.8, 4) is 0 Å². The van der Waals surface area contributed by atoms with Gasteiger partial charge in [0.2, 0.25) is 10.0 Å². The zero-order valence-corrected chi connectivity index (χ0v) is 13.2. The zero-order valence-electron chi connectivity index (χ0n) is 12.4. The summed E-state index contributed by atoms with van der Waals surface area (Å²) in [5, 5.41) is 7.82. The van der Waals surface area contributed by atoms with Gasteiger partial charge < -0.3 is 5.32 Å². The summed E-state index contributed by atoms with van der Waals surface area (Å²) in [6.45, 7) is 4.15. The van der Waals surface area contributed by atoms with Crippen LogP contribution >= 0.6 is 0 Å². The summed E-state index contributed by atoms with van der Waals surface area (Å²) < 4.78 is 22.4. The Balaban J connectivity index is 2.17. The standard InChI is InChI=1S/C16H18N2O3S/c1-11(2)13-4-3-5-14(10-13)18-16(19)12-6-8-15(9-7-12)22(17,20)21/h3-11H,1-2H3,(H,18,19)(H2,17,20,21). The fourth-order valence-electron chi connectivity index (χ4n) is 1.97. The van der Waals surface area contributed by atoms with E-state index in [9.17, 15) is 13.2 Å². The number of rotatable bonds is 4. The number of amides is 1. The first-order chi connectivity index (χ1) is 10.3. The molecule has 0 aliphatic carbocycles. The Morgan fingerprint density at radius 3 is 2.27 bits per heavy atom. The number of hydrogen-bond donors (Lipinski definition) is 2. The van der Waals surface area contributed by atoms with Gasteiger partial charge in [-0.25, -0.2) is 13.6 Å². The van der Waals surface area contributed by atoms with Crippen molar-refractivity contribution < 1.29 is 13.2 Å². The van der Waals surface area contributed by atoms with Crippen LogP contribution in [0.25, 0.3) is 0 Å². The fraction of sp³-hybridized carbons (Fsp3) is 0.188. The third-order valence-electron chi connectivity index (χ3n) is 3.26. The second kappa shape index (κ2) is 6.29. The first-order valence-electron chi connectivity index (χ1n) is 6.81. The molecule has 0 aliphatic rings. The molecule has 2 rings (SSSR count).